The molecule has 0 radical (unpaired) electrons. The van der Waals surface area contributed by atoms with Gasteiger partial charge in [-0.2, -0.15) is 0 Å². The molecular formula is C39H57ClN12O10. The highest BCUT2D eigenvalue weighted by Crippen LogP contribution is 2.24. The minimum atomic E-state index is -0.591. The van der Waals surface area contributed by atoms with E-state index in [2.05, 4.69) is 41.1 Å². The van der Waals surface area contributed by atoms with E-state index >= 15 is 0 Å². The Morgan fingerprint density at radius 1 is 0.661 bits per heavy atom. The number of nitrogens with zero attached hydrogens (tertiary/aromatic N) is 7. The van der Waals surface area contributed by atoms with E-state index in [9.17, 15) is 34.6 Å². The Hall–Kier alpha value is -6.29. The largest absolute Gasteiger partial charge is 0.444 e. The fraction of sp³-hybridized carbons (Fsp3) is 0.538. The van der Waals surface area contributed by atoms with Crippen LogP contribution in [-0.2, 0) is 14.2 Å². The molecule has 0 atom stereocenters. The summed E-state index contributed by atoms with van der Waals surface area (Å²) in [4.78, 5) is 69.0. The van der Waals surface area contributed by atoms with E-state index in [1.54, 1.807) is 33.0 Å². The number of carbonyl (C=O) groups is 3. The Balaban J connectivity index is 0.000000229. The van der Waals surface area contributed by atoms with Crippen LogP contribution in [0.3, 0.4) is 0 Å². The third kappa shape index (κ3) is 19.0. The standard InChI is InChI=1S/C13H18N4O4.C13H20N4O2.C8H16N2O2.C5H3ClN2O2/c1-13(2,3)21-12(18)15-9-7-16(8-9)10-4-5-14-11(6-10)17(19)20;1-13(2,3)19-12(18)16-9-7-17(8-9)10-4-5-15-11(14)6-10;1-8(2,3)12-7(11)10-6-4-9-5-6;6-4-1-2-7-5(3-4)8(9)10/h4-6,9H,7-8H2,1-3H3,(H,15,18);4-6,9H,7-8H2,1-3H3,(H2,14,15)(H,16,18);6,9H,4-5H2,1-3H3,(H,10,11);1-3H. The van der Waals surface area contributed by atoms with Crippen molar-refractivity contribution in [2.75, 3.05) is 54.8 Å². The summed E-state index contributed by atoms with van der Waals surface area (Å²) in [7, 11) is 0. The molecular weight excluding hydrogens is 832 g/mol. The van der Waals surface area contributed by atoms with Crippen LogP contribution in [0.25, 0.3) is 0 Å². The average molecular weight is 889 g/mol. The smallest absolute Gasteiger partial charge is 0.407 e. The fourth-order valence-corrected chi connectivity index (χ4v) is 5.36. The van der Waals surface area contributed by atoms with E-state index < -0.39 is 32.7 Å². The second-order valence-corrected chi connectivity index (χ2v) is 17.6. The average Bonchev–Trinajstić information content (AvgIpc) is 3.08. The van der Waals surface area contributed by atoms with Gasteiger partial charge in [-0.15, -0.1) is 0 Å². The number of rotatable bonds is 7. The third-order valence-electron chi connectivity index (χ3n) is 8.01. The van der Waals surface area contributed by atoms with Gasteiger partial charge in [0, 0.05) is 75.0 Å². The molecule has 0 bridgehead atoms. The molecule has 3 aliphatic heterocycles. The number of nitrogens with two attached hydrogens (primary N) is 1. The Bertz CT molecular complexity index is 1990. The van der Waals surface area contributed by atoms with Crippen molar-refractivity contribution < 1.29 is 38.4 Å². The normalized spacial score (nSPS) is 15.1. The van der Waals surface area contributed by atoms with Crippen molar-refractivity contribution in [1.29, 1.82) is 0 Å². The number of aromatic nitrogens is 3. The summed E-state index contributed by atoms with van der Waals surface area (Å²) in [6.45, 7) is 20.9. The number of alkyl carbamates (subject to hydrolysis) is 3. The highest BCUT2D eigenvalue weighted by atomic mass is 35.5. The number of carbonyl (C=O) groups excluding carboxylic acids is 3. The Kier molecular flexibility index (Phi) is 17.8. The van der Waals surface area contributed by atoms with Gasteiger partial charge in [-0.05, 0) is 88.2 Å². The van der Waals surface area contributed by atoms with Crippen molar-refractivity contribution in [2.45, 2.75) is 97.2 Å². The quantitative estimate of drug-likeness (QED) is 0.116. The molecule has 0 spiro atoms. The highest BCUT2D eigenvalue weighted by Gasteiger charge is 2.32. The fourth-order valence-electron chi connectivity index (χ4n) is 5.21. The van der Waals surface area contributed by atoms with E-state index in [4.69, 9.17) is 31.5 Å². The first-order chi connectivity index (χ1) is 28.7. The molecule has 3 amide bonds. The van der Waals surface area contributed by atoms with Crippen molar-refractivity contribution in [3.05, 3.63) is 80.2 Å². The number of nitro groups is 2. The number of ether oxygens (including phenoxy) is 3. The monoisotopic (exact) mass is 888 g/mol. The zero-order chi connectivity index (χ0) is 46.4. The van der Waals surface area contributed by atoms with Crippen LogP contribution in [0.15, 0.2) is 55.0 Å². The summed E-state index contributed by atoms with van der Waals surface area (Å²) in [5, 5.41) is 32.4. The van der Waals surface area contributed by atoms with Crippen LogP contribution in [0.1, 0.15) is 62.3 Å². The van der Waals surface area contributed by atoms with Gasteiger partial charge in [-0.3, -0.25) is 0 Å². The van der Waals surface area contributed by atoms with Crippen molar-refractivity contribution in [3.63, 3.8) is 0 Å². The van der Waals surface area contributed by atoms with Crippen molar-refractivity contribution >= 4 is 58.7 Å². The molecule has 6 N–H and O–H groups in total. The molecule has 3 aliphatic rings. The van der Waals surface area contributed by atoms with E-state index in [-0.39, 0.29) is 41.9 Å². The molecule has 3 aromatic rings. The lowest BCUT2D eigenvalue weighted by molar-refractivity contribution is -0.389. The zero-order valence-electron chi connectivity index (χ0n) is 36.3. The van der Waals surface area contributed by atoms with Gasteiger partial charge in [0.25, 0.3) is 0 Å². The first-order valence-corrected chi connectivity index (χ1v) is 19.9. The van der Waals surface area contributed by atoms with Crippen molar-refractivity contribution in [1.82, 2.24) is 36.2 Å². The van der Waals surface area contributed by atoms with Gasteiger partial charge in [-0.1, -0.05) is 11.6 Å². The molecule has 62 heavy (non-hydrogen) atoms. The Labute approximate surface area is 364 Å². The predicted molar refractivity (Wildman–Crippen MR) is 232 cm³/mol. The maximum Gasteiger partial charge on any atom is 0.407 e. The lowest BCUT2D eigenvalue weighted by Crippen LogP contribution is -2.60. The van der Waals surface area contributed by atoms with Gasteiger partial charge in [0.1, 0.15) is 35.0 Å². The minimum Gasteiger partial charge on any atom is -0.444 e. The SMILES string of the molecule is CC(C)(C)OC(=O)NC1CN(c2ccnc(N)c2)C1.CC(C)(C)OC(=O)NC1CN(c2ccnc([N+](=O)[O-])c2)C1.CC(C)(C)OC(=O)NC1CNC1.O=[N+]([O-])c1cc(Cl)ccn1. The number of pyridine rings is 3. The van der Waals surface area contributed by atoms with Gasteiger partial charge in [0.05, 0.1) is 35.3 Å². The van der Waals surface area contributed by atoms with E-state index in [0.29, 0.717) is 23.9 Å². The Morgan fingerprint density at radius 2 is 1.03 bits per heavy atom. The second-order valence-electron chi connectivity index (χ2n) is 17.2. The van der Waals surface area contributed by atoms with Gasteiger partial charge in [0.15, 0.2) is 0 Å². The lowest BCUT2D eigenvalue weighted by atomic mass is 10.1. The number of nitrogen functional groups attached to an aromatic ring is 1. The number of hydrogen-bond acceptors (Lipinski definition) is 17. The summed E-state index contributed by atoms with van der Waals surface area (Å²) in [5.41, 5.74) is 5.98. The number of anilines is 3. The molecule has 6 rings (SSSR count). The van der Waals surface area contributed by atoms with E-state index in [1.807, 2.05) is 58.6 Å². The molecule has 0 aromatic carbocycles. The molecule has 0 aliphatic carbocycles. The van der Waals surface area contributed by atoms with Crippen LogP contribution in [0.2, 0.25) is 5.02 Å². The molecule has 3 aromatic heterocycles. The van der Waals surface area contributed by atoms with Crippen LogP contribution < -0.4 is 36.8 Å². The third-order valence-corrected chi connectivity index (χ3v) is 8.25. The number of hydrogen-bond donors (Lipinski definition) is 5. The number of halogens is 1. The molecule has 23 heteroatoms. The van der Waals surface area contributed by atoms with Gasteiger partial charge in [0.2, 0.25) is 0 Å². The maximum atomic E-state index is 11.6. The van der Waals surface area contributed by atoms with Crippen molar-refractivity contribution in [2.24, 2.45) is 0 Å². The van der Waals surface area contributed by atoms with Crippen LogP contribution in [0.5, 0.6) is 0 Å². The Morgan fingerprint density at radius 3 is 1.37 bits per heavy atom. The molecule has 6 heterocycles. The van der Waals surface area contributed by atoms with E-state index in [0.717, 1.165) is 37.6 Å². The minimum absolute atomic E-state index is 0.0212. The molecule has 0 saturated carbocycles. The molecule has 3 saturated heterocycles. The topological polar surface area (TPSA) is 284 Å². The highest BCUT2D eigenvalue weighted by molar-refractivity contribution is 6.30. The van der Waals surface area contributed by atoms with E-state index in [1.165, 1.54) is 30.6 Å². The summed E-state index contributed by atoms with van der Waals surface area (Å²) >= 11 is 5.44. The van der Waals surface area contributed by atoms with Crippen LogP contribution in [-0.4, -0.2) is 117 Å². The molecule has 3 fully saturated rings. The van der Waals surface area contributed by atoms with Crippen LogP contribution in [0, 0.1) is 20.2 Å². The molecule has 0 unspecified atom stereocenters. The second kappa shape index (κ2) is 22.0. The van der Waals surface area contributed by atoms with Gasteiger partial charge >= 0.3 is 29.9 Å². The maximum absolute atomic E-state index is 11.6. The summed E-state index contributed by atoms with van der Waals surface area (Å²) in [6.07, 6.45) is 3.23. The number of amides is 3. The first-order valence-electron chi connectivity index (χ1n) is 19.5. The predicted octanol–water partition coefficient (Wildman–Crippen LogP) is 5.21. The van der Waals surface area contributed by atoms with Gasteiger partial charge in [-0.25, -0.2) is 19.4 Å². The lowest BCUT2D eigenvalue weighted by Gasteiger charge is -2.41. The van der Waals surface area contributed by atoms with Crippen molar-refractivity contribution in [3.8, 4) is 0 Å². The van der Waals surface area contributed by atoms with Crippen LogP contribution in [0.4, 0.5) is 43.2 Å². The first kappa shape index (κ1) is 50.1. The summed E-state index contributed by atoms with van der Waals surface area (Å²) < 4.78 is 15.4. The van der Waals surface area contributed by atoms with Gasteiger partial charge < -0.3 is 71.2 Å². The number of nitrogens with one attached hydrogen (secondary N) is 4. The summed E-state index contributed by atoms with van der Waals surface area (Å²) in [6, 6.07) is 9.87. The molecule has 340 valence electrons. The van der Waals surface area contributed by atoms with Crippen LogP contribution >= 0.6 is 11.6 Å². The molecule has 22 nitrogen and oxygen atoms in total. The summed E-state index contributed by atoms with van der Waals surface area (Å²) in [5.74, 6) is 0.0876. The zero-order valence-corrected chi connectivity index (χ0v) is 37.1.